The highest BCUT2D eigenvalue weighted by Gasteiger charge is 2.24. The highest BCUT2D eigenvalue weighted by Crippen LogP contribution is 2.24. The van der Waals surface area contributed by atoms with E-state index in [4.69, 9.17) is 4.74 Å². The smallest absolute Gasteiger partial charge is 0.233 e. The van der Waals surface area contributed by atoms with Gasteiger partial charge in [-0.25, -0.2) is 0 Å². The molecule has 0 fully saturated rings. The van der Waals surface area contributed by atoms with Crippen LogP contribution >= 0.6 is 0 Å². The number of carbonyl (C=O) groups excluding carboxylic acids is 1. The first kappa shape index (κ1) is 17.8. The minimum atomic E-state index is 0.192. The van der Waals surface area contributed by atoms with Crippen LogP contribution in [0.5, 0.6) is 5.88 Å². The van der Waals surface area contributed by atoms with Crippen molar-refractivity contribution in [2.24, 2.45) is 5.41 Å². The number of aromatic nitrogens is 2. The predicted molar refractivity (Wildman–Crippen MR) is 98.3 cm³/mol. The Morgan fingerprint density at radius 2 is 2.16 bits per heavy atom. The Balaban J connectivity index is 1.54. The Labute approximate surface area is 150 Å². The van der Waals surface area contributed by atoms with Crippen LogP contribution in [0.15, 0.2) is 29.9 Å². The van der Waals surface area contributed by atoms with Crippen molar-refractivity contribution in [3.05, 3.63) is 35.6 Å². The number of hydrogen-bond donors (Lipinski definition) is 0. The lowest BCUT2D eigenvalue weighted by atomic mass is 9.90. The summed E-state index contributed by atoms with van der Waals surface area (Å²) < 4.78 is 7.82. The molecule has 0 saturated carbocycles. The molecule has 2 aliphatic rings. The summed E-state index contributed by atoms with van der Waals surface area (Å²) in [5.74, 6) is 0.901. The van der Waals surface area contributed by atoms with Crippen molar-refractivity contribution in [2.45, 2.75) is 59.5 Å². The van der Waals surface area contributed by atoms with Crippen molar-refractivity contribution < 1.29 is 9.53 Å². The summed E-state index contributed by atoms with van der Waals surface area (Å²) in [6.45, 7) is 9.21. The van der Waals surface area contributed by atoms with Gasteiger partial charge in [0.25, 0.3) is 0 Å². The van der Waals surface area contributed by atoms with Gasteiger partial charge in [-0.15, -0.1) is 5.10 Å². The highest BCUT2D eigenvalue weighted by molar-refractivity contribution is 5.76. The molecule has 0 N–H and O–H groups in total. The molecule has 0 unspecified atom stereocenters. The Kier molecular flexibility index (Phi) is 5.30. The van der Waals surface area contributed by atoms with Crippen molar-refractivity contribution in [2.75, 3.05) is 13.2 Å². The van der Waals surface area contributed by atoms with Crippen LogP contribution < -0.4 is 4.74 Å². The van der Waals surface area contributed by atoms with E-state index in [1.807, 2.05) is 15.6 Å². The third-order valence-corrected chi connectivity index (χ3v) is 4.72. The van der Waals surface area contributed by atoms with Gasteiger partial charge in [-0.05, 0) is 30.3 Å². The molecule has 0 saturated heterocycles. The zero-order valence-electron chi connectivity index (χ0n) is 15.6. The number of allylic oxidation sites excluding steroid dienone is 3. The Bertz CT molecular complexity index is 680. The molecule has 0 atom stereocenters. The maximum atomic E-state index is 12.4. The fourth-order valence-corrected chi connectivity index (χ4v) is 3.10. The molecule has 5 nitrogen and oxygen atoms in total. The molecule has 5 heteroatoms. The van der Waals surface area contributed by atoms with Crippen molar-refractivity contribution in [1.82, 2.24) is 14.7 Å². The average molecular weight is 343 g/mol. The summed E-state index contributed by atoms with van der Waals surface area (Å²) in [7, 11) is 0. The summed E-state index contributed by atoms with van der Waals surface area (Å²) >= 11 is 0. The molecule has 0 bridgehead atoms. The number of hydrogen-bond acceptors (Lipinski definition) is 3. The number of ether oxygens (including phenoxy) is 1. The number of rotatable bonds is 5. The van der Waals surface area contributed by atoms with Crippen LogP contribution in [0.25, 0.3) is 0 Å². The molecule has 1 amide bonds. The van der Waals surface area contributed by atoms with Crippen LogP contribution in [0.2, 0.25) is 0 Å². The van der Waals surface area contributed by atoms with E-state index in [1.165, 1.54) is 5.57 Å². The van der Waals surface area contributed by atoms with Crippen LogP contribution in [0.1, 0.15) is 52.1 Å². The highest BCUT2D eigenvalue weighted by atomic mass is 16.5. The topological polar surface area (TPSA) is 47.4 Å². The first-order chi connectivity index (χ1) is 11.9. The van der Waals surface area contributed by atoms with Gasteiger partial charge in [-0.2, -0.15) is 0 Å². The molecule has 1 aliphatic carbocycles. The van der Waals surface area contributed by atoms with Crippen molar-refractivity contribution in [3.63, 3.8) is 0 Å². The van der Waals surface area contributed by atoms with Gasteiger partial charge in [-0.3, -0.25) is 9.48 Å². The van der Waals surface area contributed by atoms with E-state index in [1.54, 1.807) is 0 Å². The van der Waals surface area contributed by atoms with Gasteiger partial charge in [-0.1, -0.05) is 39.0 Å². The van der Waals surface area contributed by atoms with Crippen LogP contribution in [-0.4, -0.2) is 33.7 Å². The Hall–Kier alpha value is -2.04. The summed E-state index contributed by atoms with van der Waals surface area (Å²) in [4.78, 5) is 14.4. The Morgan fingerprint density at radius 1 is 1.32 bits per heavy atom. The van der Waals surface area contributed by atoms with Crippen molar-refractivity contribution in [3.8, 4) is 5.88 Å². The average Bonchev–Trinajstić information content (AvgIpc) is 3.00. The molecular weight excluding hydrogens is 314 g/mol. The molecular formula is C20H29N3O2. The van der Waals surface area contributed by atoms with E-state index in [-0.39, 0.29) is 11.3 Å². The van der Waals surface area contributed by atoms with Crippen LogP contribution in [0.3, 0.4) is 0 Å². The van der Waals surface area contributed by atoms with Crippen LogP contribution in [0, 0.1) is 5.41 Å². The second kappa shape index (κ2) is 7.46. The minimum absolute atomic E-state index is 0.192. The van der Waals surface area contributed by atoms with Crippen LogP contribution in [0.4, 0.5) is 0 Å². The van der Waals surface area contributed by atoms with Crippen molar-refractivity contribution in [1.29, 1.82) is 0 Å². The van der Waals surface area contributed by atoms with E-state index in [9.17, 15) is 4.79 Å². The van der Waals surface area contributed by atoms with Gasteiger partial charge >= 0.3 is 0 Å². The van der Waals surface area contributed by atoms with Gasteiger partial charge in [0.15, 0.2) is 0 Å². The monoisotopic (exact) mass is 343 g/mol. The largest absolute Gasteiger partial charge is 0.472 e. The zero-order chi connectivity index (χ0) is 17.9. The summed E-state index contributed by atoms with van der Waals surface area (Å²) in [5, 5.41) is 4.53. The molecule has 1 aromatic rings. The van der Waals surface area contributed by atoms with Gasteiger partial charge in [0.2, 0.25) is 11.8 Å². The lowest BCUT2D eigenvalue weighted by Crippen LogP contribution is -2.38. The fraction of sp³-hybridized carbons (Fsp3) is 0.600. The quantitative estimate of drug-likeness (QED) is 0.819. The minimum Gasteiger partial charge on any atom is -0.472 e. The molecule has 136 valence electrons. The van der Waals surface area contributed by atoms with Gasteiger partial charge in [0.1, 0.15) is 6.61 Å². The van der Waals surface area contributed by atoms with Gasteiger partial charge in [0, 0.05) is 19.0 Å². The normalized spacial score (nSPS) is 17.2. The lowest BCUT2D eigenvalue weighted by Gasteiger charge is -2.28. The standard InChI is InChI=1S/C20H29N3O2/c1-20(2,3)10-9-19(24)22-11-12-23-17(14-22)13-18(21-23)25-15-16-7-5-4-6-8-16/h4-5,7,13H,6,8-12,14-15H2,1-3H3. The first-order valence-electron chi connectivity index (χ1n) is 9.23. The zero-order valence-corrected chi connectivity index (χ0v) is 15.6. The third kappa shape index (κ3) is 4.97. The second-order valence-electron chi connectivity index (χ2n) is 8.15. The molecule has 1 aliphatic heterocycles. The number of fused-ring (bicyclic) bond motifs is 1. The molecule has 1 aromatic heterocycles. The van der Waals surface area contributed by atoms with E-state index in [0.29, 0.717) is 25.5 Å². The Morgan fingerprint density at radius 3 is 2.88 bits per heavy atom. The molecule has 0 spiro atoms. The van der Waals surface area contributed by atoms with Gasteiger partial charge < -0.3 is 9.64 Å². The van der Waals surface area contributed by atoms with Crippen molar-refractivity contribution >= 4 is 5.91 Å². The van der Waals surface area contributed by atoms with E-state index in [0.717, 1.165) is 38.0 Å². The maximum absolute atomic E-state index is 12.4. The molecule has 3 rings (SSSR count). The number of carbonyl (C=O) groups is 1. The fourth-order valence-electron chi connectivity index (χ4n) is 3.10. The summed E-state index contributed by atoms with van der Waals surface area (Å²) in [5.41, 5.74) is 2.55. The van der Waals surface area contributed by atoms with E-state index < -0.39 is 0 Å². The molecule has 2 heterocycles. The van der Waals surface area contributed by atoms with Crippen LogP contribution in [-0.2, 0) is 17.9 Å². The molecule has 0 radical (unpaired) electrons. The second-order valence-corrected chi connectivity index (χ2v) is 8.15. The predicted octanol–water partition coefficient (Wildman–Crippen LogP) is 3.71. The summed E-state index contributed by atoms with van der Waals surface area (Å²) in [6.07, 6.45) is 10.0. The van der Waals surface area contributed by atoms with E-state index in [2.05, 4.69) is 44.1 Å². The number of nitrogens with zero attached hydrogens (tertiary/aromatic N) is 3. The lowest BCUT2D eigenvalue weighted by molar-refractivity contribution is -0.133. The number of amides is 1. The molecule has 0 aromatic carbocycles. The SMILES string of the molecule is CC(C)(C)CCC(=O)N1CCn2nc(OCC3=CC=CCC3)cc2C1. The third-order valence-electron chi connectivity index (χ3n) is 4.72. The summed E-state index contributed by atoms with van der Waals surface area (Å²) in [6, 6.07) is 1.97. The first-order valence-corrected chi connectivity index (χ1v) is 9.23. The maximum Gasteiger partial charge on any atom is 0.233 e. The van der Waals surface area contributed by atoms with Gasteiger partial charge in [0.05, 0.1) is 18.8 Å². The van der Waals surface area contributed by atoms with E-state index >= 15 is 0 Å². The molecule has 25 heavy (non-hydrogen) atoms.